The van der Waals surface area contributed by atoms with Crippen LogP contribution in [0.1, 0.15) is 16.4 Å². The van der Waals surface area contributed by atoms with Crippen molar-refractivity contribution in [1.29, 1.82) is 0 Å². The predicted molar refractivity (Wildman–Crippen MR) is 176 cm³/mol. The number of benzene rings is 4. The summed E-state index contributed by atoms with van der Waals surface area (Å²) in [5.74, 6) is -2.24. The number of thiazole rings is 1. The average Bonchev–Trinajstić information content (AvgIpc) is 3.51. The second-order valence-electron chi connectivity index (χ2n) is 10.3. The van der Waals surface area contributed by atoms with Crippen molar-refractivity contribution in [3.8, 4) is 5.75 Å². The number of halogens is 2. The van der Waals surface area contributed by atoms with Gasteiger partial charge in [0.05, 0.1) is 16.6 Å². The number of hydrogen-bond acceptors (Lipinski definition) is 7. The summed E-state index contributed by atoms with van der Waals surface area (Å²) in [6.45, 7) is -0.298. The lowest BCUT2D eigenvalue weighted by molar-refractivity contribution is -0.122. The minimum atomic E-state index is -0.816. The molecule has 0 radical (unpaired) electrons. The molecule has 3 atom stereocenters. The standard InChI is InChI=1S/C32H21BrClN3O5S2/c33-17-8-13-23(42-15-24(38)35-22-7-3-5-16-4-1-2-6-20(16)22)21(14-17)25-26-28(43-29-27(25)44-32(41)36-29)31(40)37(30(26)39)19-11-9-18(34)10-12-19/h1-14,25-26,28H,15H2,(H,35,38)(H,36,41). The maximum Gasteiger partial charge on any atom is 0.305 e. The van der Waals surface area contributed by atoms with Gasteiger partial charge < -0.3 is 15.0 Å². The second-order valence-corrected chi connectivity index (χ2v) is 13.8. The second kappa shape index (κ2) is 11.6. The number of rotatable bonds is 6. The van der Waals surface area contributed by atoms with Crippen molar-refractivity contribution in [3.05, 3.63) is 115 Å². The number of thioether (sulfide) groups is 1. The van der Waals surface area contributed by atoms with Gasteiger partial charge in [-0.3, -0.25) is 19.2 Å². The van der Waals surface area contributed by atoms with Crippen molar-refractivity contribution < 1.29 is 19.1 Å². The molecule has 0 bridgehead atoms. The highest BCUT2D eigenvalue weighted by Crippen LogP contribution is 2.54. The van der Waals surface area contributed by atoms with Crippen LogP contribution in [0.4, 0.5) is 11.4 Å². The maximum absolute atomic E-state index is 14.1. The molecule has 0 aliphatic carbocycles. The Morgan fingerprint density at radius 3 is 2.57 bits per heavy atom. The van der Waals surface area contributed by atoms with E-state index in [1.54, 1.807) is 36.4 Å². The molecular weight excluding hydrogens is 686 g/mol. The number of hydrogen-bond donors (Lipinski definition) is 2. The van der Waals surface area contributed by atoms with E-state index in [0.717, 1.165) is 22.1 Å². The smallest absolute Gasteiger partial charge is 0.305 e. The minimum Gasteiger partial charge on any atom is -0.483 e. The highest BCUT2D eigenvalue weighted by Gasteiger charge is 2.56. The van der Waals surface area contributed by atoms with Crippen molar-refractivity contribution in [2.45, 2.75) is 16.2 Å². The van der Waals surface area contributed by atoms with Gasteiger partial charge in [-0.15, -0.1) is 0 Å². The number of fused-ring (bicyclic) bond motifs is 3. The van der Waals surface area contributed by atoms with Crippen LogP contribution in [0.3, 0.4) is 0 Å². The van der Waals surface area contributed by atoms with E-state index in [9.17, 15) is 19.2 Å². The van der Waals surface area contributed by atoms with Crippen molar-refractivity contribution >= 4 is 90.5 Å². The first kappa shape index (κ1) is 28.8. The fourth-order valence-electron chi connectivity index (χ4n) is 5.75. The molecule has 1 aromatic heterocycles. The van der Waals surface area contributed by atoms with Gasteiger partial charge in [-0.1, -0.05) is 87.0 Å². The summed E-state index contributed by atoms with van der Waals surface area (Å²) in [7, 11) is 0. The van der Waals surface area contributed by atoms with E-state index >= 15 is 0 Å². The van der Waals surface area contributed by atoms with E-state index in [2.05, 4.69) is 26.2 Å². The quantitative estimate of drug-likeness (QED) is 0.188. The Labute approximate surface area is 272 Å². The Bertz CT molecular complexity index is 2020. The molecule has 7 rings (SSSR count). The lowest BCUT2D eigenvalue weighted by Crippen LogP contribution is -2.32. The molecule has 8 nitrogen and oxygen atoms in total. The average molecular weight is 707 g/mol. The van der Waals surface area contributed by atoms with Crippen LogP contribution in [-0.2, 0) is 14.4 Å². The molecule has 1 fully saturated rings. The van der Waals surface area contributed by atoms with Crippen molar-refractivity contribution in [2.75, 3.05) is 16.8 Å². The summed E-state index contributed by atoms with van der Waals surface area (Å²) in [5.41, 5.74) is 1.67. The van der Waals surface area contributed by atoms with Crippen LogP contribution in [0.15, 0.2) is 99.2 Å². The number of H-pyrrole nitrogens is 1. The first-order valence-corrected chi connectivity index (χ1v) is 16.4. The molecular formula is C32H21BrClN3O5S2. The first-order valence-electron chi connectivity index (χ1n) is 13.5. The van der Waals surface area contributed by atoms with Gasteiger partial charge in [0.2, 0.25) is 11.8 Å². The molecule has 1 saturated heterocycles. The normalized spacial score (nSPS) is 19.1. The zero-order valence-electron chi connectivity index (χ0n) is 22.6. The van der Waals surface area contributed by atoms with E-state index in [-0.39, 0.29) is 29.2 Å². The third-order valence-corrected chi connectivity index (χ3v) is 10.8. The van der Waals surface area contributed by atoms with Gasteiger partial charge >= 0.3 is 4.87 Å². The van der Waals surface area contributed by atoms with Crippen LogP contribution in [0.25, 0.3) is 10.8 Å². The number of aromatic amines is 1. The Balaban J connectivity index is 1.23. The monoisotopic (exact) mass is 705 g/mol. The van der Waals surface area contributed by atoms with E-state index < -0.39 is 17.1 Å². The topological polar surface area (TPSA) is 109 Å². The Morgan fingerprint density at radius 2 is 1.75 bits per heavy atom. The number of amides is 3. The summed E-state index contributed by atoms with van der Waals surface area (Å²) >= 11 is 11.8. The predicted octanol–water partition coefficient (Wildman–Crippen LogP) is 6.82. The molecule has 2 aliphatic heterocycles. The number of aromatic nitrogens is 1. The lowest BCUT2D eigenvalue weighted by Gasteiger charge is -2.31. The van der Waals surface area contributed by atoms with Crippen LogP contribution in [0, 0.1) is 5.92 Å². The first-order chi connectivity index (χ1) is 21.3. The van der Waals surface area contributed by atoms with E-state index in [1.807, 2.05) is 48.5 Å². The number of nitrogens with zero attached hydrogens (tertiary/aromatic N) is 1. The Kier molecular flexibility index (Phi) is 7.57. The highest BCUT2D eigenvalue weighted by molar-refractivity contribution is 9.10. The Morgan fingerprint density at radius 1 is 0.977 bits per heavy atom. The minimum absolute atomic E-state index is 0.283. The Hall–Kier alpha value is -3.90. The van der Waals surface area contributed by atoms with E-state index in [4.69, 9.17) is 16.3 Å². The van der Waals surface area contributed by atoms with Gasteiger partial charge in [0.1, 0.15) is 11.0 Å². The molecule has 0 spiro atoms. The number of nitrogens with one attached hydrogen (secondary N) is 2. The van der Waals surface area contributed by atoms with Gasteiger partial charge in [0, 0.05) is 36.9 Å². The van der Waals surface area contributed by atoms with Crippen LogP contribution in [0.2, 0.25) is 5.02 Å². The zero-order valence-corrected chi connectivity index (χ0v) is 26.6. The van der Waals surface area contributed by atoms with Crippen LogP contribution in [-0.4, -0.2) is 34.6 Å². The van der Waals surface area contributed by atoms with E-state index in [1.165, 1.54) is 16.7 Å². The van der Waals surface area contributed by atoms with Gasteiger partial charge in [0.25, 0.3) is 5.91 Å². The van der Waals surface area contributed by atoms with Crippen LogP contribution < -0.4 is 19.8 Å². The molecule has 5 aromatic rings. The van der Waals surface area contributed by atoms with Crippen molar-refractivity contribution in [3.63, 3.8) is 0 Å². The molecule has 4 aromatic carbocycles. The zero-order chi connectivity index (χ0) is 30.5. The number of carbonyl (C=O) groups is 3. The number of carbonyl (C=O) groups excluding carboxylic acids is 3. The summed E-state index contributed by atoms with van der Waals surface area (Å²) in [6, 6.07) is 25.2. The van der Waals surface area contributed by atoms with Crippen LogP contribution >= 0.6 is 50.6 Å². The number of imide groups is 1. The maximum atomic E-state index is 14.1. The van der Waals surface area contributed by atoms with Crippen LogP contribution in [0.5, 0.6) is 5.75 Å². The summed E-state index contributed by atoms with van der Waals surface area (Å²) < 4.78 is 6.81. The largest absolute Gasteiger partial charge is 0.483 e. The molecule has 2 N–H and O–H groups in total. The van der Waals surface area contributed by atoms with Gasteiger partial charge in [-0.05, 0) is 53.9 Å². The van der Waals surface area contributed by atoms with Gasteiger partial charge in [0.15, 0.2) is 6.61 Å². The lowest BCUT2D eigenvalue weighted by atomic mass is 9.82. The third kappa shape index (κ3) is 5.13. The molecule has 3 amide bonds. The molecule has 3 heterocycles. The molecule has 2 aliphatic rings. The molecule has 44 heavy (non-hydrogen) atoms. The highest BCUT2D eigenvalue weighted by atomic mass is 79.9. The van der Waals surface area contributed by atoms with E-state index in [0.29, 0.717) is 42.1 Å². The fraction of sp³-hybridized carbons (Fsp3) is 0.125. The third-order valence-electron chi connectivity index (χ3n) is 7.64. The molecule has 3 unspecified atom stereocenters. The summed E-state index contributed by atoms with van der Waals surface area (Å²) in [5, 5.41) is 5.08. The fourth-order valence-corrected chi connectivity index (χ4v) is 8.77. The van der Waals surface area contributed by atoms with Crippen molar-refractivity contribution in [1.82, 2.24) is 4.98 Å². The number of ether oxygens (including phenoxy) is 1. The summed E-state index contributed by atoms with van der Waals surface area (Å²) in [4.78, 5) is 57.8. The summed E-state index contributed by atoms with van der Waals surface area (Å²) in [6.07, 6.45) is 0. The SMILES string of the molecule is O=C(COc1ccc(Br)cc1C1c2sc(=O)[nH]c2SC2C(=O)N(c3ccc(Cl)cc3)C(=O)C21)Nc1cccc2ccccc12. The molecule has 220 valence electrons. The van der Waals surface area contributed by atoms with Crippen molar-refractivity contribution in [2.24, 2.45) is 5.92 Å². The van der Waals surface area contributed by atoms with Gasteiger partial charge in [-0.25, -0.2) is 4.90 Å². The number of anilines is 2. The molecule has 12 heteroatoms. The molecule has 0 saturated carbocycles. The van der Waals surface area contributed by atoms with Gasteiger partial charge in [-0.2, -0.15) is 0 Å².